The number of quaternary nitrogens is 1. The molecule has 4 nitrogen and oxygen atoms in total. The first kappa shape index (κ1) is 18.6. The zero-order valence-electron chi connectivity index (χ0n) is 15.5. The normalized spacial score (nSPS) is 14.3. The SMILES string of the molecule is CCc1ccc(C[NH+](C)CC(=O)Nc2sc3c(c2C#N)CCCC3)cc1. The molecule has 0 aliphatic heterocycles. The van der Waals surface area contributed by atoms with Crippen molar-refractivity contribution in [2.45, 2.75) is 45.6 Å². The van der Waals surface area contributed by atoms with Crippen molar-refractivity contribution >= 4 is 22.2 Å². The first-order valence-corrected chi connectivity index (χ1v) is 10.2. The lowest BCUT2D eigenvalue weighted by Gasteiger charge is -2.14. The Bertz CT molecular complexity index is 817. The highest BCUT2D eigenvalue weighted by atomic mass is 32.1. The zero-order chi connectivity index (χ0) is 18.5. The van der Waals surface area contributed by atoms with E-state index in [4.69, 9.17) is 0 Å². The fraction of sp³-hybridized carbons (Fsp3) is 0.429. The summed E-state index contributed by atoms with van der Waals surface area (Å²) in [5.41, 5.74) is 4.41. The summed E-state index contributed by atoms with van der Waals surface area (Å²) in [7, 11) is 2.03. The molecule has 0 bridgehead atoms. The smallest absolute Gasteiger partial charge is 0.280 e. The van der Waals surface area contributed by atoms with Crippen LogP contribution < -0.4 is 10.2 Å². The Balaban J connectivity index is 1.60. The number of carbonyl (C=O) groups excluding carboxylic acids is 1. The number of carbonyl (C=O) groups is 1. The van der Waals surface area contributed by atoms with Gasteiger partial charge < -0.3 is 10.2 Å². The molecule has 1 aromatic heterocycles. The van der Waals surface area contributed by atoms with E-state index in [2.05, 4.69) is 42.6 Å². The van der Waals surface area contributed by atoms with Gasteiger partial charge in [-0.2, -0.15) is 5.26 Å². The molecule has 2 N–H and O–H groups in total. The van der Waals surface area contributed by atoms with Crippen molar-refractivity contribution in [3.8, 4) is 6.07 Å². The quantitative estimate of drug-likeness (QED) is 0.824. The average molecular weight is 369 g/mol. The van der Waals surface area contributed by atoms with Gasteiger partial charge in [-0.15, -0.1) is 11.3 Å². The monoisotopic (exact) mass is 368 g/mol. The molecule has 136 valence electrons. The Hall–Kier alpha value is -2.16. The Kier molecular flexibility index (Phi) is 6.08. The van der Waals surface area contributed by atoms with Crippen molar-refractivity contribution in [1.82, 2.24) is 0 Å². The number of rotatable bonds is 6. The number of nitrogens with one attached hydrogen (secondary N) is 2. The molecule has 5 heteroatoms. The third kappa shape index (κ3) is 4.32. The number of aryl methyl sites for hydroxylation is 2. The van der Waals surface area contributed by atoms with Crippen LogP contribution in [0.3, 0.4) is 0 Å². The molecule has 0 spiro atoms. The van der Waals surface area contributed by atoms with Crippen LogP contribution in [-0.2, 0) is 30.6 Å². The summed E-state index contributed by atoms with van der Waals surface area (Å²) in [6.45, 7) is 3.35. The van der Waals surface area contributed by atoms with E-state index in [0.29, 0.717) is 12.1 Å². The summed E-state index contributed by atoms with van der Waals surface area (Å²) in [6, 6.07) is 10.9. The number of likely N-dealkylation sites (N-methyl/N-ethyl adjacent to an activating group) is 1. The number of hydrogen-bond donors (Lipinski definition) is 2. The highest BCUT2D eigenvalue weighted by Gasteiger charge is 2.22. The first-order valence-electron chi connectivity index (χ1n) is 9.34. The van der Waals surface area contributed by atoms with Crippen LogP contribution in [0.1, 0.15) is 46.9 Å². The molecule has 0 saturated carbocycles. The lowest BCUT2D eigenvalue weighted by atomic mass is 9.96. The van der Waals surface area contributed by atoms with Crippen LogP contribution in [0.15, 0.2) is 24.3 Å². The van der Waals surface area contributed by atoms with Crippen LogP contribution in [0, 0.1) is 11.3 Å². The Morgan fingerprint density at radius 1 is 1.23 bits per heavy atom. The van der Waals surface area contributed by atoms with Crippen LogP contribution in [0.5, 0.6) is 0 Å². The summed E-state index contributed by atoms with van der Waals surface area (Å²) in [5.74, 6) is -0.0252. The second-order valence-corrected chi connectivity index (χ2v) is 8.16. The first-order chi connectivity index (χ1) is 12.6. The molecule has 1 amide bonds. The van der Waals surface area contributed by atoms with Crippen molar-refractivity contribution in [3.63, 3.8) is 0 Å². The lowest BCUT2D eigenvalue weighted by molar-refractivity contribution is -0.885. The average Bonchev–Trinajstić information content (AvgIpc) is 2.98. The van der Waals surface area contributed by atoms with Crippen molar-refractivity contribution in [1.29, 1.82) is 5.26 Å². The second kappa shape index (κ2) is 8.48. The number of nitriles is 1. The summed E-state index contributed by atoms with van der Waals surface area (Å²) >= 11 is 1.59. The Morgan fingerprint density at radius 2 is 1.92 bits per heavy atom. The van der Waals surface area contributed by atoms with Crippen LogP contribution in [0.25, 0.3) is 0 Å². The molecular weight excluding hydrogens is 342 g/mol. The maximum atomic E-state index is 12.5. The predicted octanol–water partition coefficient (Wildman–Crippen LogP) is 2.71. The van der Waals surface area contributed by atoms with Crippen molar-refractivity contribution in [3.05, 3.63) is 51.4 Å². The number of thiophene rings is 1. The fourth-order valence-corrected chi connectivity index (χ4v) is 4.78. The third-order valence-corrected chi connectivity index (χ3v) is 6.14. The number of benzene rings is 1. The molecule has 1 heterocycles. The van der Waals surface area contributed by atoms with Gasteiger partial charge in [0.25, 0.3) is 5.91 Å². The van der Waals surface area contributed by atoms with E-state index in [1.807, 2.05) is 7.05 Å². The second-order valence-electron chi connectivity index (χ2n) is 7.06. The molecular formula is C21H26N3OS+. The van der Waals surface area contributed by atoms with Gasteiger partial charge >= 0.3 is 0 Å². The topological polar surface area (TPSA) is 57.3 Å². The van der Waals surface area contributed by atoms with Gasteiger partial charge in [-0.1, -0.05) is 31.2 Å². The number of amides is 1. The summed E-state index contributed by atoms with van der Waals surface area (Å²) in [6.07, 6.45) is 5.34. The van der Waals surface area contributed by atoms with Crippen LogP contribution in [0.4, 0.5) is 5.00 Å². The van der Waals surface area contributed by atoms with Gasteiger partial charge in [0.05, 0.1) is 12.6 Å². The number of nitrogens with zero attached hydrogens (tertiary/aromatic N) is 1. The van der Waals surface area contributed by atoms with Gasteiger partial charge in [-0.05, 0) is 43.2 Å². The van der Waals surface area contributed by atoms with Gasteiger partial charge in [0.15, 0.2) is 6.54 Å². The summed E-state index contributed by atoms with van der Waals surface area (Å²) in [4.78, 5) is 14.9. The molecule has 3 rings (SSSR count). The minimum absolute atomic E-state index is 0.0252. The van der Waals surface area contributed by atoms with E-state index < -0.39 is 0 Å². The van der Waals surface area contributed by atoms with Crippen LogP contribution >= 0.6 is 11.3 Å². The van der Waals surface area contributed by atoms with Crippen LogP contribution in [0.2, 0.25) is 0 Å². The van der Waals surface area contributed by atoms with Gasteiger partial charge in [-0.25, -0.2) is 0 Å². The van der Waals surface area contributed by atoms with Gasteiger partial charge in [0, 0.05) is 10.4 Å². The minimum atomic E-state index is -0.0252. The summed E-state index contributed by atoms with van der Waals surface area (Å²) in [5, 5.41) is 13.2. The van der Waals surface area contributed by atoms with E-state index in [1.165, 1.54) is 22.4 Å². The highest BCUT2D eigenvalue weighted by molar-refractivity contribution is 7.16. The molecule has 0 radical (unpaired) electrons. The molecule has 1 aliphatic carbocycles. The molecule has 26 heavy (non-hydrogen) atoms. The zero-order valence-corrected chi connectivity index (χ0v) is 16.3. The third-order valence-electron chi connectivity index (χ3n) is 4.94. The molecule has 1 aromatic carbocycles. The van der Waals surface area contributed by atoms with E-state index in [1.54, 1.807) is 11.3 Å². The maximum absolute atomic E-state index is 12.5. The van der Waals surface area contributed by atoms with E-state index in [0.717, 1.165) is 47.7 Å². The molecule has 2 aromatic rings. The molecule has 1 aliphatic rings. The maximum Gasteiger partial charge on any atom is 0.280 e. The standard InChI is InChI=1S/C21H25N3OS/c1-3-15-8-10-16(11-9-15)13-24(2)14-20(25)23-21-18(12-22)17-6-4-5-7-19(17)26-21/h8-11H,3-7,13-14H2,1-2H3,(H,23,25)/p+1. The summed E-state index contributed by atoms with van der Waals surface area (Å²) < 4.78 is 0. The van der Waals surface area contributed by atoms with E-state index >= 15 is 0 Å². The predicted molar refractivity (Wildman–Crippen MR) is 106 cm³/mol. The molecule has 1 atom stereocenters. The largest absolute Gasteiger partial charge is 0.326 e. The number of hydrogen-bond acceptors (Lipinski definition) is 3. The Labute approximate surface area is 159 Å². The molecule has 1 unspecified atom stereocenters. The van der Waals surface area contributed by atoms with E-state index in [9.17, 15) is 10.1 Å². The minimum Gasteiger partial charge on any atom is -0.326 e. The lowest BCUT2D eigenvalue weighted by Crippen LogP contribution is -3.08. The number of fused-ring (bicyclic) bond motifs is 1. The fourth-order valence-electron chi connectivity index (χ4n) is 3.52. The van der Waals surface area contributed by atoms with Crippen molar-refractivity contribution in [2.24, 2.45) is 0 Å². The Morgan fingerprint density at radius 3 is 2.62 bits per heavy atom. The van der Waals surface area contributed by atoms with Crippen molar-refractivity contribution in [2.75, 3.05) is 18.9 Å². The van der Waals surface area contributed by atoms with Gasteiger partial charge in [-0.3, -0.25) is 4.79 Å². The highest BCUT2D eigenvalue weighted by Crippen LogP contribution is 2.37. The van der Waals surface area contributed by atoms with E-state index in [-0.39, 0.29) is 5.91 Å². The van der Waals surface area contributed by atoms with Gasteiger partial charge in [0.2, 0.25) is 0 Å². The molecule has 0 fully saturated rings. The van der Waals surface area contributed by atoms with Crippen LogP contribution in [-0.4, -0.2) is 19.5 Å². The number of anilines is 1. The van der Waals surface area contributed by atoms with Gasteiger partial charge in [0.1, 0.15) is 17.6 Å². The molecule has 0 saturated heterocycles. The van der Waals surface area contributed by atoms with Crippen molar-refractivity contribution < 1.29 is 9.69 Å².